The van der Waals surface area contributed by atoms with Gasteiger partial charge in [0.25, 0.3) is 0 Å². The third-order valence-corrected chi connectivity index (χ3v) is 4.36. The largest absolute Gasteiger partial charge is 0.461 e. The van der Waals surface area contributed by atoms with Gasteiger partial charge in [0.15, 0.2) is 0 Å². The number of aryl methyl sites for hydroxylation is 1. The van der Waals surface area contributed by atoms with Crippen LogP contribution in [0.3, 0.4) is 0 Å². The first-order chi connectivity index (χ1) is 10.1. The van der Waals surface area contributed by atoms with Crippen molar-refractivity contribution in [3.05, 3.63) is 35.6 Å². The fourth-order valence-corrected chi connectivity index (χ4v) is 2.48. The standard InChI is InChI=1S/C18H27NO2/c1-4-6-10-17-15(12-19-18(3,5-2)13-20)14-9-7-8-11-16(14)21-17/h7-9,11,19-20H,4-6,10,12-13H2,1-3H3. The monoisotopic (exact) mass is 289 g/mol. The van der Waals surface area contributed by atoms with E-state index in [2.05, 4.69) is 38.2 Å². The Labute approximate surface area is 127 Å². The quantitative estimate of drug-likeness (QED) is 0.771. The molecule has 0 spiro atoms. The van der Waals surface area contributed by atoms with Crippen molar-refractivity contribution >= 4 is 11.0 Å². The van der Waals surface area contributed by atoms with E-state index in [-0.39, 0.29) is 12.1 Å². The Hall–Kier alpha value is -1.32. The third kappa shape index (κ3) is 3.66. The van der Waals surface area contributed by atoms with E-state index >= 15 is 0 Å². The zero-order valence-electron chi connectivity index (χ0n) is 13.4. The normalized spacial score (nSPS) is 14.5. The highest BCUT2D eigenvalue weighted by molar-refractivity contribution is 5.82. The molecule has 1 atom stereocenters. The first-order valence-electron chi connectivity index (χ1n) is 7.98. The van der Waals surface area contributed by atoms with Crippen molar-refractivity contribution in [1.29, 1.82) is 0 Å². The Kier molecular flexibility index (Phi) is 5.43. The average molecular weight is 289 g/mol. The lowest BCUT2D eigenvalue weighted by molar-refractivity contribution is 0.169. The molecule has 0 aliphatic carbocycles. The molecular weight excluding hydrogens is 262 g/mol. The second-order valence-electron chi connectivity index (χ2n) is 6.03. The van der Waals surface area contributed by atoms with Crippen LogP contribution in [0.1, 0.15) is 51.4 Å². The van der Waals surface area contributed by atoms with Gasteiger partial charge in [0, 0.05) is 29.5 Å². The van der Waals surface area contributed by atoms with Gasteiger partial charge in [0.1, 0.15) is 11.3 Å². The highest BCUT2D eigenvalue weighted by Gasteiger charge is 2.22. The van der Waals surface area contributed by atoms with Gasteiger partial charge in [0.05, 0.1) is 6.61 Å². The Morgan fingerprint density at radius 1 is 1.24 bits per heavy atom. The number of benzene rings is 1. The van der Waals surface area contributed by atoms with Crippen molar-refractivity contribution in [2.45, 2.75) is 58.5 Å². The van der Waals surface area contributed by atoms with Crippen LogP contribution in [-0.2, 0) is 13.0 Å². The molecule has 2 N–H and O–H groups in total. The molecule has 21 heavy (non-hydrogen) atoms. The summed E-state index contributed by atoms with van der Waals surface area (Å²) in [6.45, 7) is 7.22. The molecule has 116 valence electrons. The fraction of sp³-hybridized carbons (Fsp3) is 0.556. The lowest BCUT2D eigenvalue weighted by Gasteiger charge is -2.27. The van der Waals surface area contributed by atoms with Gasteiger partial charge in [-0.25, -0.2) is 0 Å². The Balaban J connectivity index is 2.27. The highest BCUT2D eigenvalue weighted by atomic mass is 16.3. The molecule has 0 aliphatic rings. The second kappa shape index (κ2) is 7.10. The van der Waals surface area contributed by atoms with Crippen LogP contribution in [0.15, 0.2) is 28.7 Å². The molecule has 0 amide bonds. The SMILES string of the molecule is CCCCc1oc2ccccc2c1CNC(C)(CC)CO. The number of rotatable bonds is 8. The molecular formula is C18H27NO2. The van der Waals surface area contributed by atoms with E-state index in [1.54, 1.807) is 0 Å². The van der Waals surface area contributed by atoms with E-state index in [1.165, 1.54) is 10.9 Å². The summed E-state index contributed by atoms with van der Waals surface area (Å²) in [5.41, 5.74) is 1.97. The number of para-hydroxylation sites is 1. The molecule has 1 aromatic carbocycles. The van der Waals surface area contributed by atoms with E-state index in [4.69, 9.17) is 4.42 Å². The summed E-state index contributed by atoms with van der Waals surface area (Å²) in [6.07, 6.45) is 4.17. The predicted molar refractivity (Wildman–Crippen MR) is 87.4 cm³/mol. The molecule has 1 aromatic heterocycles. The number of furan rings is 1. The Morgan fingerprint density at radius 2 is 2.00 bits per heavy atom. The number of fused-ring (bicyclic) bond motifs is 1. The first kappa shape index (κ1) is 16.1. The van der Waals surface area contributed by atoms with E-state index in [0.29, 0.717) is 0 Å². The molecule has 3 nitrogen and oxygen atoms in total. The molecule has 0 saturated heterocycles. The molecule has 2 rings (SSSR count). The van der Waals surface area contributed by atoms with Crippen LogP contribution >= 0.6 is 0 Å². The Bertz CT molecular complexity index is 570. The number of unbranched alkanes of at least 4 members (excludes halogenated alkanes) is 1. The zero-order valence-corrected chi connectivity index (χ0v) is 13.4. The zero-order chi connectivity index (χ0) is 15.3. The summed E-state index contributed by atoms with van der Waals surface area (Å²) in [4.78, 5) is 0. The number of hydrogen-bond acceptors (Lipinski definition) is 3. The minimum absolute atomic E-state index is 0.142. The van der Waals surface area contributed by atoms with Crippen LogP contribution in [0.5, 0.6) is 0 Å². The third-order valence-electron chi connectivity index (χ3n) is 4.36. The van der Waals surface area contributed by atoms with Gasteiger partial charge in [-0.3, -0.25) is 0 Å². The number of hydrogen-bond donors (Lipinski definition) is 2. The van der Waals surface area contributed by atoms with Crippen molar-refractivity contribution in [3.8, 4) is 0 Å². The van der Waals surface area contributed by atoms with Gasteiger partial charge < -0.3 is 14.8 Å². The lowest BCUT2D eigenvalue weighted by atomic mass is 9.99. The summed E-state index contributed by atoms with van der Waals surface area (Å²) in [6, 6.07) is 8.21. The lowest BCUT2D eigenvalue weighted by Crippen LogP contribution is -2.44. The van der Waals surface area contributed by atoms with Crippen LogP contribution in [0, 0.1) is 0 Å². The molecule has 3 heteroatoms. The molecule has 0 radical (unpaired) electrons. The van der Waals surface area contributed by atoms with E-state index in [9.17, 15) is 5.11 Å². The maximum atomic E-state index is 9.55. The van der Waals surface area contributed by atoms with Crippen LogP contribution in [-0.4, -0.2) is 17.3 Å². The number of aliphatic hydroxyl groups is 1. The fourth-order valence-electron chi connectivity index (χ4n) is 2.48. The maximum Gasteiger partial charge on any atom is 0.134 e. The van der Waals surface area contributed by atoms with E-state index < -0.39 is 0 Å². The van der Waals surface area contributed by atoms with Crippen molar-refractivity contribution in [2.75, 3.05) is 6.61 Å². The number of aliphatic hydroxyl groups excluding tert-OH is 1. The summed E-state index contributed by atoms with van der Waals surface area (Å²) < 4.78 is 6.03. The van der Waals surface area contributed by atoms with Crippen molar-refractivity contribution in [2.24, 2.45) is 0 Å². The topological polar surface area (TPSA) is 45.4 Å². The average Bonchev–Trinajstić information content (AvgIpc) is 2.88. The molecule has 1 heterocycles. The molecule has 1 unspecified atom stereocenters. The highest BCUT2D eigenvalue weighted by Crippen LogP contribution is 2.27. The summed E-state index contributed by atoms with van der Waals surface area (Å²) in [7, 11) is 0. The summed E-state index contributed by atoms with van der Waals surface area (Å²) >= 11 is 0. The molecule has 0 fully saturated rings. The predicted octanol–water partition coefficient (Wildman–Crippen LogP) is 4.03. The first-order valence-corrected chi connectivity index (χ1v) is 7.98. The minimum Gasteiger partial charge on any atom is -0.461 e. The van der Waals surface area contributed by atoms with Crippen LogP contribution in [0.2, 0.25) is 0 Å². The van der Waals surface area contributed by atoms with Crippen molar-refractivity contribution in [1.82, 2.24) is 5.32 Å². The van der Waals surface area contributed by atoms with E-state index in [0.717, 1.165) is 43.6 Å². The molecule has 0 bridgehead atoms. The Morgan fingerprint density at radius 3 is 2.67 bits per heavy atom. The minimum atomic E-state index is -0.236. The van der Waals surface area contributed by atoms with Crippen LogP contribution in [0.25, 0.3) is 11.0 Å². The van der Waals surface area contributed by atoms with E-state index in [1.807, 2.05) is 12.1 Å². The summed E-state index contributed by atoms with van der Waals surface area (Å²) in [5.74, 6) is 1.09. The van der Waals surface area contributed by atoms with Crippen LogP contribution < -0.4 is 5.32 Å². The van der Waals surface area contributed by atoms with Crippen molar-refractivity contribution < 1.29 is 9.52 Å². The van der Waals surface area contributed by atoms with Gasteiger partial charge in [-0.1, -0.05) is 38.5 Å². The van der Waals surface area contributed by atoms with Crippen molar-refractivity contribution in [3.63, 3.8) is 0 Å². The summed E-state index contributed by atoms with van der Waals surface area (Å²) in [5, 5.41) is 14.2. The van der Waals surface area contributed by atoms with Gasteiger partial charge in [-0.2, -0.15) is 0 Å². The molecule has 2 aromatic rings. The van der Waals surface area contributed by atoms with Gasteiger partial charge >= 0.3 is 0 Å². The molecule has 0 aliphatic heterocycles. The smallest absolute Gasteiger partial charge is 0.134 e. The second-order valence-corrected chi connectivity index (χ2v) is 6.03. The maximum absolute atomic E-state index is 9.55. The van der Waals surface area contributed by atoms with Gasteiger partial charge in [-0.05, 0) is 25.8 Å². The van der Waals surface area contributed by atoms with Crippen LogP contribution in [0.4, 0.5) is 0 Å². The molecule has 0 saturated carbocycles. The van der Waals surface area contributed by atoms with Gasteiger partial charge in [-0.15, -0.1) is 0 Å². The van der Waals surface area contributed by atoms with Gasteiger partial charge in [0.2, 0.25) is 0 Å². The number of nitrogens with one attached hydrogen (secondary N) is 1.